The predicted molar refractivity (Wildman–Crippen MR) is 79.7 cm³/mol. The fourth-order valence-electron chi connectivity index (χ4n) is 3.28. The highest BCUT2D eigenvalue weighted by Gasteiger charge is 2.28. The van der Waals surface area contributed by atoms with Crippen molar-refractivity contribution in [2.45, 2.75) is 52.1 Å². The van der Waals surface area contributed by atoms with Crippen LogP contribution in [0, 0.1) is 5.92 Å². The highest BCUT2D eigenvalue weighted by Crippen LogP contribution is 2.28. The van der Waals surface area contributed by atoms with Gasteiger partial charge < -0.3 is 14.8 Å². The van der Waals surface area contributed by atoms with Crippen LogP contribution in [0.1, 0.15) is 50.7 Å². The van der Waals surface area contributed by atoms with Crippen LogP contribution in [0.2, 0.25) is 0 Å². The quantitative estimate of drug-likeness (QED) is 0.907. The van der Waals surface area contributed by atoms with Gasteiger partial charge in [0.25, 0.3) is 0 Å². The molecule has 1 aromatic heterocycles. The van der Waals surface area contributed by atoms with E-state index in [4.69, 9.17) is 0 Å². The third kappa shape index (κ3) is 3.10. The molecule has 0 unspecified atom stereocenters. The van der Waals surface area contributed by atoms with E-state index < -0.39 is 0 Å². The van der Waals surface area contributed by atoms with Crippen LogP contribution in [0.3, 0.4) is 0 Å². The van der Waals surface area contributed by atoms with E-state index in [9.17, 15) is 4.79 Å². The molecule has 2 aliphatic rings. The van der Waals surface area contributed by atoms with E-state index in [1.54, 1.807) is 0 Å². The smallest absolute Gasteiger partial charge is 0.222 e. The molecule has 1 aromatic rings. The van der Waals surface area contributed by atoms with Crippen molar-refractivity contribution in [3.05, 3.63) is 11.6 Å². The Bertz CT molecular complexity index is 502. The van der Waals surface area contributed by atoms with Crippen molar-refractivity contribution in [3.63, 3.8) is 0 Å². The summed E-state index contributed by atoms with van der Waals surface area (Å²) in [5.41, 5.74) is 0. The molecule has 1 fully saturated rings. The summed E-state index contributed by atoms with van der Waals surface area (Å²) >= 11 is 0. The van der Waals surface area contributed by atoms with Gasteiger partial charge in [0.15, 0.2) is 0 Å². The van der Waals surface area contributed by atoms with Crippen LogP contribution in [0.15, 0.2) is 0 Å². The molecule has 0 aliphatic carbocycles. The van der Waals surface area contributed by atoms with Gasteiger partial charge in [-0.15, -0.1) is 10.2 Å². The molecule has 1 amide bonds. The Labute approximate surface area is 125 Å². The third-order valence-electron chi connectivity index (χ3n) is 4.45. The highest BCUT2D eigenvalue weighted by atomic mass is 16.2. The largest absolute Gasteiger partial charge is 0.343 e. The van der Waals surface area contributed by atoms with Crippen LogP contribution < -0.4 is 5.32 Å². The lowest BCUT2D eigenvalue weighted by molar-refractivity contribution is -0.133. The van der Waals surface area contributed by atoms with E-state index in [1.165, 1.54) is 0 Å². The van der Waals surface area contributed by atoms with Crippen LogP contribution in [0.4, 0.5) is 0 Å². The van der Waals surface area contributed by atoms with E-state index in [2.05, 4.69) is 33.9 Å². The Hall–Kier alpha value is -1.43. The van der Waals surface area contributed by atoms with Crippen molar-refractivity contribution >= 4 is 5.91 Å². The maximum Gasteiger partial charge on any atom is 0.222 e. The average Bonchev–Trinajstić information content (AvgIpc) is 2.90. The lowest BCUT2D eigenvalue weighted by Crippen LogP contribution is -2.39. The fourth-order valence-corrected chi connectivity index (χ4v) is 3.28. The maximum atomic E-state index is 12.1. The number of piperidine rings is 1. The summed E-state index contributed by atoms with van der Waals surface area (Å²) in [5.74, 6) is 3.37. The Morgan fingerprint density at radius 2 is 2.05 bits per heavy atom. The number of hydrogen-bond donors (Lipinski definition) is 1. The second kappa shape index (κ2) is 6.13. The van der Waals surface area contributed by atoms with Crippen molar-refractivity contribution < 1.29 is 4.79 Å². The lowest BCUT2D eigenvalue weighted by Gasteiger charge is -2.32. The first-order valence-electron chi connectivity index (χ1n) is 8.05. The monoisotopic (exact) mass is 291 g/mol. The molecule has 0 saturated carbocycles. The molecule has 0 atom stereocenters. The Balaban J connectivity index is 1.61. The summed E-state index contributed by atoms with van der Waals surface area (Å²) in [6.45, 7) is 8.68. The molecule has 6 heteroatoms. The first kappa shape index (κ1) is 14.5. The van der Waals surface area contributed by atoms with Crippen molar-refractivity contribution in [1.82, 2.24) is 25.0 Å². The topological polar surface area (TPSA) is 63.1 Å². The van der Waals surface area contributed by atoms with Crippen LogP contribution in [-0.2, 0) is 17.9 Å². The first-order chi connectivity index (χ1) is 10.1. The minimum atomic E-state index is 0.302. The molecule has 0 radical (unpaired) electrons. The SMILES string of the molecule is CC(C)CC(=O)N1CCC(c2nnc3n2CCNC3)CC1. The van der Waals surface area contributed by atoms with Gasteiger partial charge in [0, 0.05) is 38.5 Å². The van der Waals surface area contributed by atoms with E-state index >= 15 is 0 Å². The van der Waals surface area contributed by atoms with Gasteiger partial charge in [-0.2, -0.15) is 0 Å². The van der Waals surface area contributed by atoms with E-state index in [0.717, 1.165) is 57.2 Å². The molecule has 0 aromatic carbocycles. The fraction of sp³-hybridized carbons (Fsp3) is 0.800. The number of nitrogens with zero attached hydrogens (tertiary/aromatic N) is 4. The van der Waals surface area contributed by atoms with Gasteiger partial charge in [0.1, 0.15) is 11.6 Å². The standard InChI is InChI=1S/C15H25N5O/c1-11(2)9-14(21)19-6-3-12(4-7-19)15-18-17-13-10-16-5-8-20(13)15/h11-12,16H,3-10H2,1-2H3. The summed E-state index contributed by atoms with van der Waals surface area (Å²) in [7, 11) is 0. The number of hydrogen-bond acceptors (Lipinski definition) is 4. The minimum Gasteiger partial charge on any atom is -0.343 e. The summed E-state index contributed by atoms with van der Waals surface area (Å²) in [6, 6.07) is 0. The van der Waals surface area contributed by atoms with E-state index in [1.807, 2.05) is 4.90 Å². The Morgan fingerprint density at radius 3 is 2.76 bits per heavy atom. The number of rotatable bonds is 3. The van der Waals surface area contributed by atoms with Crippen molar-refractivity contribution in [2.75, 3.05) is 19.6 Å². The third-order valence-corrected chi connectivity index (χ3v) is 4.45. The number of amides is 1. The Kier molecular flexibility index (Phi) is 4.24. The molecule has 21 heavy (non-hydrogen) atoms. The molecular formula is C15H25N5O. The molecule has 1 N–H and O–H groups in total. The number of aromatic nitrogens is 3. The first-order valence-corrected chi connectivity index (χ1v) is 8.05. The van der Waals surface area contributed by atoms with Crippen molar-refractivity contribution in [1.29, 1.82) is 0 Å². The second-order valence-corrected chi connectivity index (χ2v) is 6.56. The molecule has 3 rings (SSSR count). The molecule has 0 bridgehead atoms. The summed E-state index contributed by atoms with van der Waals surface area (Å²) in [6.07, 6.45) is 2.68. The van der Waals surface area contributed by atoms with Crippen LogP contribution in [0.25, 0.3) is 0 Å². The molecule has 1 saturated heterocycles. The normalized spacial score (nSPS) is 19.9. The van der Waals surface area contributed by atoms with Crippen molar-refractivity contribution in [2.24, 2.45) is 5.92 Å². The number of fused-ring (bicyclic) bond motifs is 1. The second-order valence-electron chi connectivity index (χ2n) is 6.56. The molecule has 116 valence electrons. The van der Waals surface area contributed by atoms with Crippen LogP contribution >= 0.6 is 0 Å². The molecule has 0 spiro atoms. The lowest BCUT2D eigenvalue weighted by atomic mass is 9.95. The zero-order valence-corrected chi connectivity index (χ0v) is 13.0. The van der Waals surface area contributed by atoms with Gasteiger partial charge in [-0.1, -0.05) is 13.8 Å². The Morgan fingerprint density at radius 1 is 1.29 bits per heavy atom. The van der Waals surface area contributed by atoms with Crippen LogP contribution in [0.5, 0.6) is 0 Å². The van der Waals surface area contributed by atoms with E-state index in [-0.39, 0.29) is 0 Å². The molecule has 3 heterocycles. The van der Waals surface area contributed by atoms with Crippen molar-refractivity contribution in [3.8, 4) is 0 Å². The minimum absolute atomic E-state index is 0.302. The number of carbonyl (C=O) groups excluding carboxylic acids is 1. The molecule has 6 nitrogen and oxygen atoms in total. The van der Waals surface area contributed by atoms with Gasteiger partial charge in [-0.05, 0) is 18.8 Å². The maximum absolute atomic E-state index is 12.1. The van der Waals surface area contributed by atoms with Gasteiger partial charge in [0.05, 0.1) is 6.54 Å². The zero-order valence-electron chi connectivity index (χ0n) is 13.0. The predicted octanol–water partition coefficient (Wildman–Crippen LogP) is 1.13. The zero-order chi connectivity index (χ0) is 14.8. The van der Waals surface area contributed by atoms with Crippen LogP contribution in [-0.4, -0.2) is 45.2 Å². The average molecular weight is 291 g/mol. The van der Waals surface area contributed by atoms with Gasteiger partial charge >= 0.3 is 0 Å². The van der Waals surface area contributed by atoms with E-state index in [0.29, 0.717) is 24.2 Å². The summed E-state index contributed by atoms with van der Waals surface area (Å²) in [4.78, 5) is 14.1. The number of likely N-dealkylation sites (tertiary alicyclic amines) is 1. The molecular weight excluding hydrogens is 266 g/mol. The highest BCUT2D eigenvalue weighted by molar-refractivity contribution is 5.76. The summed E-state index contributed by atoms with van der Waals surface area (Å²) in [5, 5.41) is 12.0. The number of nitrogens with one attached hydrogen (secondary N) is 1. The molecule has 2 aliphatic heterocycles. The van der Waals surface area contributed by atoms with Gasteiger partial charge in [-0.3, -0.25) is 4.79 Å². The van der Waals surface area contributed by atoms with Gasteiger partial charge in [0.2, 0.25) is 5.91 Å². The number of carbonyl (C=O) groups is 1. The van der Waals surface area contributed by atoms with Gasteiger partial charge in [-0.25, -0.2) is 0 Å². The summed E-state index contributed by atoms with van der Waals surface area (Å²) < 4.78 is 2.27.